The highest BCUT2D eigenvalue weighted by Crippen LogP contribution is 2.55. The Morgan fingerprint density at radius 3 is 2.71 bits per heavy atom. The van der Waals surface area contributed by atoms with Gasteiger partial charge in [0.15, 0.2) is 17.5 Å². The van der Waals surface area contributed by atoms with E-state index in [9.17, 15) is 0 Å². The lowest BCUT2D eigenvalue weighted by molar-refractivity contribution is -0.952. The van der Waals surface area contributed by atoms with Gasteiger partial charge in [0.25, 0.3) is 0 Å². The van der Waals surface area contributed by atoms with Crippen molar-refractivity contribution < 1.29 is 13.9 Å². The number of para-hydroxylation sites is 1. The van der Waals surface area contributed by atoms with Crippen LogP contribution in [0.3, 0.4) is 0 Å². The van der Waals surface area contributed by atoms with Crippen molar-refractivity contribution in [3.05, 3.63) is 109 Å². The molecule has 3 aliphatic heterocycles. The summed E-state index contributed by atoms with van der Waals surface area (Å²) in [7, 11) is 0. The van der Waals surface area contributed by atoms with Crippen molar-refractivity contribution in [2.24, 2.45) is 0 Å². The zero-order valence-electron chi connectivity index (χ0n) is 18.4. The summed E-state index contributed by atoms with van der Waals surface area (Å²) in [6.07, 6.45) is 6.12. The summed E-state index contributed by atoms with van der Waals surface area (Å²) in [5.74, 6) is 1.79. The fourth-order valence-corrected chi connectivity index (χ4v) is 7.19. The van der Waals surface area contributed by atoms with E-state index in [0.717, 1.165) is 17.1 Å². The molecule has 5 aromatic heterocycles. The molecule has 10 rings (SSSR count). The average Bonchev–Trinajstić information content (AvgIpc) is 3.53. The lowest BCUT2D eigenvalue weighted by Gasteiger charge is -2.24. The van der Waals surface area contributed by atoms with Crippen LogP contribution in [-0.4, -0.2) is 9.38 Å². The van der Waals surface area contributed by atoms with E-state index in [-0.39, 0.29) is 0 Å². The SMILES string of the molecule is c1cc2c3c(c1)-c1cccc[n+]1C31c3c4ccccc4n4c5cnccc5c5ccc([n+]1c5c34)O2. The first kappa shape index (κ1) is 16.8. The Bertz CT molecular complexity index is 2160. The van der Waals surface area contributed by atoms with Gasteiger partial charge >= 0.3 is 11.5 Å². The Balaban J connectivity index is 1.63. The highest BCUT2D eigenvalue weighted by molar-refractivity contribution is 6.16. The van der Waals surface area contributed by atoms with Gasteiger partial charge in [0.05, 0.1) is 34.2 Å². The second kappa shape index (κ2) is 5.15. The molecule has 0 saturated carbocycles. The molecule has 5 heteroatoms. The topological polar surface area (TPSA) is 34.3 Å². The quantitative estimate of drug-likeness (QED) is 0.240. The van der Waals surface area contributed by atoms with Gasteiger partial charge in [-0.15, -0.1) is 4.57 Å². The number of pyridine rings is 4. The maximum absolute atomic E-state index is 6.63. The summed E-state index contributed by atoms with van der Waals surface area (Å²) in [5.41, 5.74) is 9.16. The standard InChI is InChI=1S/C30H16N4O/c1-2-9-22-20(6-1)27-29-28-18(17-13-14-31-16-23(17)33(22)29)11-12-25-34(28)30(27)26-19(7-5-10-24(26)35-25)21-8-3-4-15-32(21)30/h1-16H/q+2. The maximum Gasteiger partial charge on any atom is 0.426 e. The molecule has 0 aliphatic carbocycles. The molecule has 3 aliphatic rings. The smallest absolute Gasteiger partial charge is 0.404 e. The van der Waals surface area contributed by atoms with Crippen LogP contribution in [0.2, 0.25) is 0 Å². The highest BCUT2D eigenvalue weighted by atomic mass is 16.5. The van der Waals surface area contributed by atoms with Gasteiger partial charge in [-0.1, -0.05) is 28.8 Å². The molecule has 35 heavy (non-hydrogen) atoms. The van der Waals surface area contributed by atoms with E-state index in [1.54, 1.807) is 0 Å². The van der Waals surface area contributed by atoms with E-state index in [1.807, 2.05) is 12.4 Å². The van der Waals surface area contributed by atoms with Gasteiger partial charge in [0.2, 0.25) is 11.2 Å². The Hall–Kier alpha value is -4.77. The number of hydrogen-bond donors (Lipinski definition) is 0. The predicted octanol–water partition coefficient (Wildman–Crippen LogP) is 5.07. The number of fused-ring (bicyclic) bond motifs is 8. The summed E-state index contributed by atoms with van der Waals surface area (Å²) in [4.78, 5) is 4.53. The summed E-state index contributed by atoms with van der Waals surface area (Å²) in [6, 6.07) is 28.2. The summed E-state index contributed by atoms with van der Waals surface area (Å²) in [6.45, 7) is 0. The molecule has 7 aromatic rings. The van der Waals surface area contributed by atoms with Crippen LogP contribution in [-0.2, 0) is 5.66 Å². The fourth-order valence-electron chi connectivity index (χ4n) is 7.19. The molecule has 5 nitrogen and oxygen atoms in total. The monoisotopic (exact) mass is 448 g/mol. The summed E-state index contributed by atoms with van der Waals surface area (Å²) in [5, 5.41) is 3.67. The molecule has 0 N–H and O–H groups in total. The third-order valence-electron chi connectivity index (χ3n) is 8.27. The van der Waals surface area contributed by atoms with Gasteiger partial charge in [0, 0.05) is 29.1 Å². The fraction of sp³-hybridized carbons (Fsp3) is 0.0333. The third-order valence-corrected chi connectivity index (χ3v) is 8.27. The largest absolute Gasteiger partial charge is 0.426 e. The average molecular weight is 448 g/mol. The molecule has 0 radical (unpaired) electrons. The van der Waals surface area contributed by atoms with E-state index < -0.39 is 5.66 Å². The van der Waals surface area contributed by atoms with E-state index in [2.05, 4.69) is 104 Å². The van der Waals surface area contributed by atoms with Crippen molar-refractivity contribution in [2.75, 3.05) is 0 Å². The van der Waals surface area contributed by atoms with Crippen LogP contribution in [0.5, 0.6) is 11.6 Å². The minimum absolute atomic E-state index is 0.558. The van der Waals surface area contributed by atoms with Crippen molar-refractivity contribution in [3.63, 3.8) is 0 Å². The van der Waals surface area contributed by atoms with E-state index >= 15 is 0 Å². The van der Waals surface area contributed by atoms with Gasteiger partial charge in [-0.25, -0.2) is 0 Å². The maximum atomic E-state index is 6.63. The van der Waals surface area contributed by atoms with Crippen LogP contribution in [0.4, 0.5) is 0 Å². The minimum atomic E-state index is -0.558. The second-order valence-electron chi connectivity index (χ2n) is 9.65. The molecule has 8 heterocycles. The van der Waals surface area contributed by atoms with Crippen molar-refractivity contribution in [2.45, 2.75) is 5.66 Å². The second-order valence-corrected chi connectivity index (χ2v) is 9.65. The van der Waals surface area contributed by atoms with Crippen molar-refractivity contribution >= 4 is 38.2 Å². The zero-order valence-corrected chi connectivity index (χ0v) is 18.4. The number of benzene rings is 2. The van der Waals surface area contributed by atoms with Crippen LogP contribution < -0.4 is 13.9 Å². The highest BCUT2D eigenvalue weighted by Gasteiger charge is 2.71. The number of aromatic nitrogens is 4. The van der Waals surface area contributed by atoms with Gasteiger partial charge in [-0.05, 0) is 36.4 Å². The molecule has 160 valence electrons. The van der Waals surface area contributed by atoms with Crippen LogP contribution in [0.25, 0.3) is 49.5 Å². The van der Waals surface area contributed by atoms with Crippen molar-refractivity contribution in [1.29, 1.82) is 0 Å². The van der Waals surface area contributed by atoms with Gasteiger partial charge in [-0.2, -0.15) is 0 Å². The molecule has 0 amide bonds. The Morgan fingerprint density at radius 1 is 0.771 bits per heavy atom. The third kappa shape index (κ3) is 1.52. The van der Waals surface area contributed by atoms with E-state index in [4.69, 9.17) is 4.74 Å². The molecular weight excluding hydrogens is 432 g/mol. The number of hydrogen-bond acceptors (Lipinski definition) is 2. The van der Waals surface area contributed by atoms with Crippen LogP contribution in [0, 0.1) is 0 Å². The summed E-state index contributed by atoms with van der Waals surface area (Å²) >= 11 is 0. The molecule has 1 unspecified atom stereocenters. The normalized spacial score (nSPS) is 18.1. The first-order valence-electron chi connectivity index (χ1n) is 11.9. The van der Waals surface area contributed by atoms with Crippen LogP contribution in [0.1, 0.15) is 11.1 Å². The lowest BCUT2D eigenvalue weighted by atomic mass is 9.89. The Labute approximate surface area is 198 Å². The zero-order chi connectivity index (χ0) is 22.5. The predicted molar refractivity (Wildman–Crippen MR) is 132 cm³/mol. The lowest BCUT2D eigenvalue weighted by Crippen LogP contribution is -2.72. The molecule has 1 spiro atoms. The van der Waals surface area contributed by atoms with Crippen molar-refractivity contribution in [3.8, 4) is 22.9 Å². The molecule has 0 saturated heterocycles. The number of nitrogens with zero attached hydrogens (tertiary/aromatic N) is 4. The Morgan fingerprint density at radius 2 is 1.71 bits per heavy atom. The molecular formula is C30H16N4O+2. The van der Waals surface area contributed by atoms with Gasteiger partial charge in [-0.3, -0.25) is 4.98 Å². The van der Waals surface area contributed by atoms with E-state index in [1.165, 1.54) is 55.1 Å². The molecule has 2 aromatic carbocycles. The Kier molecular flexibility index (Phi) is 2.47. The molecule has 1 atom stereocenters. The first-order chi connectivity index (χ1) is 17.4. The van der Waals surface area contributed by atoms with Crippen LogP contribution in [0.15, 0.2) is 97.5 Å². The molecule has 0 bridgehead atoms. The van der Waals surface area contributed by atoms with Gasteiger partial charge < -0.3 is 9.14 Å². The number of rotatable bonds is 0. The number of ether oxygens (including phenoxy) is 1. The first-order valence-corrected chi connectivity index (χ1v) is 11.9. The summed E-state index contributed by atoms with van der Waals surface area (Å²) < 4.78 is 14.0. The van der Waals surface area contributed by atoms with Crippen LogP contribution >= 0.6 is 0 Å². The molecule has 0 fully saturated rings. The van der Waals surface area contributed by atoms with Gasteiger partial charge in [0.1, 0.15) is 11.1 Å². The minimum Gasteiger partial charge on any atom is -0.404 e. The van der Waals surface area contributed by atoms with E-state index in [0.29, 0.717) is 0 Å². The van der Waals surface area contributed by atoms with Crippen molar-refractivity contribution in [1.82, 2.24) is 9.38 Å².